The van der Waals surface area contributed by atoms with E-state index in [-0.39, 0.29) is 11.9 Å². The third-order valence-corrected chi connectivity index (χ3v) is 3.56. The van der Waals surface area contributed by atoms with Crippen molar-refractivity contribution in [2.45, 2.75) is 26.3 Å². The van der Waals surface area contributed by atoms with E-state index in [2.05, 4.69) is 19.2 Å². The van der Waals surface area contributed by atoms with Crippen LogP contribution in [0, 0.1) is 5.82 Å². The Morgan fingerprint density at radius 2 is 1.90 bits per heavy atom. The molecule has 2 aromatic carbocycles. The van der Waals surface area contributed by atoms with Crippen LogP contribution >= 0.6 is 0 Å². The number of hydrogen-bond donors (Lipinski definition) is 1. The standard InChI is InChI=1S/C18H22FNO/c1-4-11-21-18-8-6-5-7-15(18)16-12-14(13(2)20-3)9-10-17(16)19/h5-10,12-13,20H,4,11H2,1-3H3. The van der Waals surface area contributed by atoms with Gasteiger partial charge in [0.1, 0.15) is 11.6 Å². The maximum Gasteiger partial charge on any atom is 0.131 e. The highest BCUT2D eigenvalue weighted by Crippen LogP contribution is 2.33. The van der Waals surface area contributed by atoms with Gasteiger partial charge >= 0.3 is 0 Å². The van der Waals surface area contributed by atoms with E-state index in [4.69, 9.17) is 4.74 Å². The zero-order valence-corrected chi connectivity index (χ0v) is 12.8. The van der Waals surface area contributed by atoms with Gasteiger partial charge in [-0.05, 0) is 44.2 Å². The van der Waals surface area contributed by atoms with Crippen molar-refractivity contribution in [2.75, 3.05) is 13.7 Å². The van der Waals surface area contributed by atoms with Gasteiger partial charge in [-0.1, -0.05) is 31.2 Å². The van der Waals surface area contributed by atoms with Gasteiger partial charge in [0.25, 0.3) is 0 Å². The average Bonchev–Trinajstić information content (AvgIpc) is 2.53. The molecule has 0 bridgehead atoms. The van der Waals surface area contributed by atoms with Gasteiger partial charge in [0.2, 0.25) is 0 Å². The lowest BCUT2D eigenvalue weighted by Gasteiger charge is -2.15. The fourth-order valence-electron chi connectivity index (χ4n) is 2.21. The van der Waals surface area contributed by atoms with Crippen molar-refractivity contribution in [1.29, 1.82) is 0 Å². The molecule has 2 aromatic rings. The molecule has 112 valence electrons. The van der Waals surface area contributed by atoms with E-state index in [1.54, 1.807) is 0 Å². The second kappa shape index (κ2) is 7.23. The molecule has 0 heterocycles. The lowest BCUT2D eigenvalue weighted by molar-refractivity contribution is 0.318. The van der Waals surface area contributed by atoms with Gasteiger partial charge in [-0.25, -0.2) is 4.39 Å². The molecule has 2 nitrogen and oxygen atoms in total. The van der Waals surface area contributed by atoms with Crippen LogP contribution in [0.1, 0.15) is 31.9 Å². The Hall–Kier alpha value is -1.87. The van der Waals surface area contributed by atoms with Crippen LogP contribution in [-0.2, 0) is 0 Å². The molecule has 1 N–H and O–H groups in total. The van der Waals surface area contributed by atoms with E-state index in [0.29, 0.717) is 12.2 Å². The first-order chi connectivity index (χ1) is 10.2. The van der Waals surface area contributed by atoms with Crippen molar-refractivity contribution in [1.82, 2.24) is 5.32 Å². The number of benzene rings is 2. The predicted molar refractivity (Wildman–Crippen MR) is 85.1 cm³/mol. The molecule has 21 heavy (non-hydrogen) atoms. The number of para-hydroxylation sites is 1. The summed E-state index contributed by atoms with van der Waals surface area (Å²) in [6.45, 7) is 4.74. The molecule has 2 rings (SSSR count). The molecular weight excluding hydrogens is 265 g/mol. The van der Waals surface area contributed by atoms with Crippen molar-refractivity contribution in [3.8, 4) is 16.9 Å². The van der Waals surface area contributed by atoms with E-state index in [0.717, 1.165) is 23.3 Å². The van der Waals surface area contributed by atoms with Crippen LogP contribution < -0.4 is 10.1 Å². The summed E-state index contributed by atoms with van der Waals surface area (Å²) in [4.78, 5) is 0. The summed E-state index contributed by atoms with van der Waals surface area (Å²) in [5.41, 5.74) is 2.44. The topological polar surface area (TPSA) is 21.3 Å². The predicted octanol–water partition coefficient (Wildman–Crippen LogP) is 4.56. The summed E-state index contributed by atoms with van der Waals surface area (Å²) >= 11 is 0. The smallest absolute Gasteiger partial charge is 0.131 e. The fraction of sp³-hybridized carbons (Fsp3) is 0.333. The summed E-state index contributed by atoms with van der Waals surface area (Å²) in [6, 6.07) is 13.0. The third kappa shape index (κ3) is 3.61. The largest absolute Gasteiger partial charge is 0.493 e. The first kappa shape index (κ1) is 15.5. The number of halogens is 1. The Morgan fingerprint density at radius 1 is 1.14 bits per heavy atom. The van der Waals surface area contributed by atoms with Crippen molar-refractivity contribution >= 4 is 0 Å². The molecule has 0 spiro atoms. The van der Waals surface area contributed by atoms with Crippen LogP contribution in [0.5, 0.6) is 5.75 Å². The van der Waals surface area contributed by atoms with Crippen molar-refractivity contribution in [2.24, 2.45) is 0 Å². The van der Waals surface area contributed by atoms with Crippen molar-refractivity contribution in [3.63, 3.8) is 0 Å². The highest BCUT2D eigenvalue weighted by molar-refractivity contribution is 5.71. The van der Waals surface area contributed by atoms with Crippen LogP contribution in [0.15, 0.2) is 42.5 Å². The molecule has 0 radical (unpaired) electrons. The van der Waals surface area contributed by atoms with E-state index in [1.807, 2.05) is 43.4 Å². The van der Waals surface area contributed by atoms with Crippen molar-refractivity contribution in [3.05, 3.63) is 53.8 Å². The van der Waals surface area contributed by atoms with Gasteiger partial charge in [0.05, 0.1) is 6.61 Å². The minimum absolute atomic E-state index is 0.174. The number of rotatable bonds is 6. The minimum atomic E-state index is -0.227. The molecule has 3 heteroatoms. The molecule has 0 amide bonds. The van der Waals surface area contributed by atoms with Crippen LogP contribution in [-0.4, -0.2) is 13.7 Å². The molecule has 0 aliphatic carbocycles. The van der Waals surface area contributed by atoms with E-state index in [9.17, 15) is 4.39 Å². The average molecular weight is 287 g/mol. The molecule has 0 aliphatic heterocycles. The zero-order chi connectivity index (χ0) is 15.2. The van der Waals surface area contributed by atoms with Gasteiger partial charge in [0.15, 0.2) is 0 Å². The van der Waals surface area contributed by atoms with Gasteiger partial charge in [0, 0.05) is 17.2 Å². The van der Waals surface area contributed by atoms with Gasteiger partial charge in [-0.3, -0.25) is 0 Å². The molecule has 0 aliphatic rings. The summed E-state index contributed by atoms with van der Waals surface area (Å²) in [7, 11) is 1.89. The van der Waals surface area contributed by atoms with Gasteiger partial charge < -0.3 is 10.1 Å². The third-order valence-electron chi connectivity index (χ3n) is 3.56. The lowest BCUT2D eigenvalue weighted by atomic mass is 9.99. The van der Waals surface area contributed by atoms with Crippen LogP contribution in [0.3, 0.4) is 0 Å². The minimum Gasteiger partial charge on any atom is -0.493 e. The zero-order valence-electron chi connectivity index (χ0n) is 12.8. The quantitative estimate of drug-likeness (QED) is 0.840. The Kier molecular flexibility index (Phi) is 5.34. The number of ether oxygens (including phenoxy) is 1. The van der Waals surface area contributed by atoms with Gasteiger partial charge in [-0.2, -0.15) is 0 Å². The van der Waals surface area contributed by atoms with E-state index >= 15 is 0 Å². The Morgan fingerprint density at radius 3 is 2.62 bits per heavy atom. The maximum absolute atomic E-state index is 14.2. The SMILES string of the molecule is CCCOc1ccccc1-c1cc(C(C)NC)ccc1F. The normalized spacial score (nSPS) is 12.2. The summed E-state index contributed by atoms with van der Waals surface area (Å²) in [6.07, 6.45) is 0.924. The Labute approximate surface area is 126 Å². The van der Waals surface area contributed by atoms with E-state index < -0.39 is 0 Å². The highest BCUT2D eigenvalue weighted by atomic mass is 19.1. The second-order valence-electron chi connectivity index (χ2n) is 5.09. The monoisotopic (exact) mass is 287 g/mol. The summed E-state index contributed by atoms with van der Waals surface area (Å²) in [5, 5.41) is 3.17. The second-order valence-corrected chi connectivity index (χ2v) is 5.09. The molecule has 1 atom stereocenters. The van der Waals surface area contributed by atoms with Crippen LogP contribution in [0.2, 0.25) is 0 Å². The molecular formula is C18H22FNO. The summed E-state index contributed by atoms with van der Waals surface area (Å²) < 4.78 is 20.0. The first-order valence-electron chi connectivity index (χ1n) is 7.36. The molecule has 0 aromatic heterocycles. The Bertz CT molecular complexity index is 598. The Balaban J connectivity index is 2.45. The highest BCUT2D eigenvalue weighted by Gasteiger charge is 2.13. The lowest BCUT2D eigenvalue weighted by Crippen LogP contribution is -2.12. The number of nitrogens with one attached hydrogen (secondary N) is 1. The van der Waals surface area contributed by atoms with E-state index in [1.165, 1.54) is 6.07 Å². The molecule has 0 saturated heterocycles. The first-order valence-corrected chi connectivity index (χ1v) is 7.36. The summed E-state index contributed by atoms with van der Waals surface area (Å²) in [5.74, 6) is 0.502. The number of hydrogen-bond acceptors (Lipinski definition) is 2. The molecule has 0 saturated carbocycles. The maximum atomic E-state index is 14.2. The fourth-order valence-corrected chi connectivity index (χ4v) is 2.21. The van der Waals surface area contributed by atoms with Crippen LogP contribution in [0.4, 0.5) is 4.39 Å². The van der Waals surface area contributed by atoms with Gasteiger partial charge in [-0.15, -0.1) is 0 Å². The molecule has 0 fully saturated rings. The van der Waals surface area contributed by atoms with Crippen LogP contribution in [0.25, 0.3) is 11.1 Å². The molecule has 1 unspecified atom stereocenters. The van der Waals surface area contributed by atoms with Crippen molar-refractivity contribution < 1.29 is 9.13 Å².